The molecule has 6 nitrogen and oxygen atoms in total. The third kappa shape index (κ3) is 23.4. The van der Waals surface area contributed by atoms with Crippen molar-refractivity contribution >= 4 is 40.3 Å². The van der Waals surface area contributed by atoms with Gasteiger partial charge in [0.05, 0.1) is 37.1 Å². The van der Waals surface area contributed by atoms with Crippen molar-refractivity contribution in [3.05, 3.63) is 36.4 Å². The van der Waals surface area contributed by atoms with E-state index in [1.807, 2.05) is 24.3 Å². The average molecular weight is 713 g/mol. The van der Waals surface area contributed by atoms with Crippen molar-refractivity contribution in [1.82, 2.24) is 4.90 Å². The molecule has 0 saturated heterocycles. The number of nitrogen functional groups attached to an aromatic ring is 1. The summed E-state index contributed by atoms with van der Waals surface area (Å²) in [5.41, 5.74) is 5.32. The highest BCUT2D eigenvalue weighted by Crippen LogP contribution is 2.61. The van der Waals surface area contributed by atoms with Gasteiger partial charge in [-0.3, -0.25) is 9.91 Å². The van der Waals surface area contributed by atoms with Crippen LogP contribution in [0.3, 0.4) is 0 Å². The first kappa shape index (κ1) is 44.4. The molecule has 0 fully saturated rings. The van der Waals surface area contributed by atoms with E-state index in [4.69, 9.17) is 32.4 Å². The first-order chi connectivity index (χ1) is 22.9. The second-order valence-corrected chi connectivity index (χ2v) is 19.4. The van der Waals surface area contributed by atoms with E-state index in [-0.39, 0.29) is 0 Å². The van der Waals surface area contributed by atoms with E-state index < -0.39 is 5.69 Å². The number of benzene rings is 1. The van der Waals surface area contributed by atoms with E-state index >= 15 is 0 Å². The van der Waals surface area contributed by atoms with E-state index in [0.29, 0.717) is 31.5 Å². The number of nitrogens with zero attached hydrogens (tertiary/aromatic N) is 2. The number of hydrogen-bond donors (Lipinski definition) is 2. The van der Waals surface area contributed by atoms with Crippen LogP contribution in [0, 0.1) is 5.92 Å². The van der Waals surface area contributed by atoms with Gasteiger partial charge < -0.3 is 14.8 Å². The normalized spacial score (nSPS) is 13.8. The van der Waals surface area contributed by atoms with E-state index in [0.717, 1.165) is 43.8 Å². The zero-order valence-electron chi connectivity index (χ0n) is 30.8. The molecule has 2 unspecified atom stereocenters. The van der Waals surface area contributed by atoms with Crippen LogP contribution in [0.1, 0.15) is 156 Å². The SMILES string of the molecule is CCCCCCCC/C=C/CCCCCCCCN(CSP(=S)(OCCCC)OCC(CC)CCCC)CN(N)c1ccccc1N. The van der Waals surface area contributed by atoms with Crippen LogP contribution in [0.2, 0.25) is 0 Å². The Labute approximate surface area is 300 Å². The number of unbranched alkanes of at least 4 members (excludes halogenated alkanes) is 14. The minimum atomic E-state index is -2.48. The lowest BCUT2D eigenvalue weighted by Gasteiger charge is -2.31. The Morgan fingerprint density at radius 1 is 0.787 bits per heavy atom. The summed E-state index contributed by atoms with van der Waals surface area (Å²) in [4.78, 5) is 2.38. The number of allylic oxidation sites excluding steroid dienone is 2. The molecular formula is C38H73N4O2PS2. The lowest BCUT2D eigenvalue weighted by Crippen LogP contribution is -2.43. The van der Waals surface area contributed by atoms with Crippen molar-refractivity contribution in [2.45, 2.75) is 156 Å². The first-order valence-corrected chi connectivity index (χ1v) is 23.4. The number of rotatable bonds is 33. The molecule has 0 amide bonds. The van der Waals surface area contributed by atoms with Gasteiger partial charge in [-0.2, -0.15) is 0 Å². The molecule has 0 bridgehead atoms. The molecule has 0 aliphatic carbocycles. The van der Waals surface area contributed by atoms with Crippen LogP contribution in [0.5, 0.6) is 0 Å². The number of para-hydroxylation sites is 2. The predicted octanol–water partition coefficient (Wildman–Crippen LogP) is 12.2. The van der Waals surface area contributed by atoms with Crippen molar-refractivity contribution in [2.24, 2.45) is 11.8 Å². The first-order valence-electron chi connectivity index (χ1n) is 19.2. The van der Waals surface area contributed by atoms with Crippen LogP contribution in [0.15, 0.2) is 36.4 Å². The van der Waals surface area contributed by atoms with Gasteiger partial charge in [-0.05, 0) is 74.8 Å². The van der Waals surface area contributed by atoms with Crippen molar-refractivity contribution in [3.63, 3.8) is 0 Å². The maximum Gasteiger partial charge on any atom is 0.248 e. The van der Waals surface area contributed by atoms with Gasteiger partial charge in [-0.15, -0.1) is 0 Å². The van der Waals surface area contributed by atoms with Gasteiger partial charge >= 0.3 is 0 Å². The van der Waals surface area contributed by atoms with E-state index in [1.54, 1.807) is 16.4 Å². The molecule has 0 aromatic heterocycles. The van der Waals surface area contributed by atoms with Crippen molar-refractivity contribution < 1.29 is 9.05 Å². The molecule has 1 aromatic rings. The van der Waals surface area contributed by atoms with Gasteiger partial charge in [0.1, 0.15) is 0 Å². The average Bonchev–Trinajstić information content (AvgIpc) is 3.07. The molecule has 0 heterocycles. The molecule has 4 N–H and O–H groups in total. The highest BCUT2D eigenvalue weighted by atomic mass is 32.9. The molecule has 47 heavy (non-hydrogen) atoms. The third-order valence-electron chi connectivity index (χ3n) is 8.74. The van der Waals surface area contributed by atoms with Gasteiger partial charge in [-0.1, -0.05) is 147 Å². The molecule has 274 valence electrons. The smallest absolute Gasteiger partial charge is 0.248 e. The zero-order valence-corrected chi connectivity index (χ0v) is 33.4. The molecule has 9 heteroatoms. The van der Waals surface area contributed by atoms with Crippen molar-refractivity contribution in [2.75, 3.05) is 43.0 Å². The minimum Gasteiger partial charge on any atom is -0.397 e. The Hall–Kier alpha value is -0.600. The quantitative estimate of drug-likeness (QED) is 0.0142. The number of hydrazine groups is 1. The lowest BCUT2D eigenvalue weighted by molar-refractivity contribution is 0.210. The Bertz CT molecular complexity index is 939. The Kier molecular flexibility index (Phi) is 28.6. The molecule has 2 atom stereocenters. The molecule has 0 aliphatic heterocycles. The summed E-state index contributed by atoms with van der Waals surface area (Å²) in [5.74, 6) is 7.83. The fraction of sp³-hybridized carbons (Fsp3) is 0.789. The molecule has 0 saturated carbocycles. The van der Waals surface area contributed by atoms with Gasteiger partial charge in [-0.25, -0.2) is 5.84 Å². The predicted molar refractivity (Wildman–Crippen MR) is 215 cm³/mol. The van der Waals surface area contributed by atoms with Gasteiger partial charge in [0.25, 0.3) is 0 Å². The van der Waals surface area contributed by atoms with E-state index in [1.165, 1.54) is 103 Å². The Morgan fingerprint density at radius 2 is 1.38 bits per heavy atom. The van der Waals surface area contributed by atoms with Crippen LogP contribution in [0.4, 0.5) is 11.4 Å². The number of anilines is 2. The summed E-state index contributed by atoms with van der Waals surface area (Å²) in [6.07, 6.45) is 29.9. The highest BCUT2D eigenvalue weighted by Gasteiger charge is 2.24. The van der Waals surface area contributed by atoms with Crippen LogP contribution in [-0.4, -0.2) is 37.2 Å². The third-order valence-corrected chi connectivity index (χ3v) is 14.0. The second kappa shape index (κ2) is 30.2. The molecule has 1 aromatic carbocycles. The Balaban J connectivity index is 2.59. The number of nitrogens with two attached hydrogens (primary N) is 2. The summed E-state index contributed by atoms with van der Waals surface area (Å²) in [5, 5.41) is 1.76. The van der Waals surface area contributed by atoms with Crippen LogP contribution < -0.4 is 16.6 Å². The molecule has 1 rings (SSSR count). The number of hydrogen-bond acceptors (Lipinski definition) is 8. The molecule has 0 aliphatic rings. The summed E-state index contributed by atoms with van der Waals surface area (Å²) < 4.78 is 12.8. The highest BCUT2D eigenvalue weighted by molar-refractivity contribution is 8.67. The van der Waals surface area contributed by atoms with Crippen LogP contribution in [-0.2, 0) is 20.9 Å². The van der Waals surface area contributed by atoms with Gasteiger partial charge in [0.2, 0.25) is 5.69 Å². The van der Waals surface area contributed by atoms with E-state index in [2.05, 4.69) is 44.7 Å². The second-order valence-electron chi connectivity index (χ2n) is 13.1. The lowest BCUT2D eigenvalue weighted by atomic mass is 10.0. The standard InChI is InChI=1S/C38H73N4O2PS2/c1-5-9-12-13-14-15-16-17-18-19-20-21-22-23-24-27-31-41(34-42(40)38-30-26-25-29-37(38)39)35-47-45(46,43-32-11-7-3)44-33-36(8-4)28-10-6-2/h17-18,25-26,29-30,36H,5-16,19-24,27-28,31-35,39-40H2,1-4H3/b18-17+. The fourth-order valence-corrected chi connectivity index (χ4v) is 9.56. The topological polar surface area (TPSA) is 77.0 Å². The maximum atomic E-state index is 6.58. The monoisotopic (exact) mass is 712 g/mol. The summed E-state index contributed by atoms with van der Waals surface area (Å²) >= 11 is 7.80. The fourth-order valence-electron chi connectivity index (χ4n) is 5.48. The molecule has 0 radical (unpaired) electrons. The van der Waals surface area contributed by atoms with Crippen LogP contribution >= 0.6 is 17.1 Å². The van der Waals surface area contributed by atoms with Gasteiger partial charge in [0.15, 0.2) is 0 Å². The van der Waals surface area contributed by atoms with E-state index in [9.17, 15) is 0 Å². The van der Waals surface area contributed by atoms with Crippen molar-refractivity contribution in [1.29, 1.82) is 0 Å². The van der Waals surface area contributed by atoms with Crippen molar-refractivity contribution in [3.8, 4) is 0 Å². The molecular weight excluding hydrogens is 640 g/mol. The van der Waals surface area contributed by atoms with Gasteiger partial charge in [0, 0.05) is 6.54 Å². The largest absolute Gasteiger partial charge is 0.397 e. The van der Waals surface area contributed by atoms with Crippen LogP contribution in [0.25, 0.3) is 0 Å². The molecule has 0 spiro atoms. The maximum absolute atomic E-state index is 6.58. The summed E-state index contributed by atoms with van der Waals surface area (Å²) in [7, 11) is 0. The Morgan fingerprint density at radius 3 is 2.00 bits per heavy atom. The zero-order chi connectivity index (χ0) is 34.4. The minimum absolute atomic E-state index is 0.533. The summed E-state index contributed by atoms with van der Waals surface area (Å²) in [6.45, 7) is 11.8. The summed E-state index contributed by atoms with van der Waals surface area (Å²) in [6, 6.07) is 7.80.